The Morgan fingerprint density at radius 3 is 2.73 bits per heavy atom. The number of imidazole rings is 2. The van der Waals surface area contributed by atoms with Crippen LogP contribution in [0.3, 0.4) is 0 Å². The Morgan fingerprint density at radius 1 is 1.12 bits per heavy atom. The first-order valence-corrected chi connectivity index (χ1v) is 14.8. The van der Waals surface area contributed by atoms with Crippen LogP contribution >= 0.6 is 0 Å². The van der Waals surface area contributed by atoms with Crippen LogP contribution in [0.4, 0.5) is 5.82 Å². The number of hydrogen-bond acceptors (Lipinski definition) is 8. The number of nitrogens with one attached hydrogen (secondary N) is 1. The zero-order valence-electron chi connectivity index (χ0n) is 23.4. The molecule has 3 fully saturated rings. The monoisotopic (exact) mass is 544 g/mol. The summed E-state index contributed by atoms with van der Waals surface area (Å²) in [7, 11) is 2.15. The van der Waals surface area contributed by atoms with Crippen LogP contribution in [0.1, 0.15) is 69.3 Å². The fourth-order valence-corrected chi connectivity index (χ4v) is 7.38. The van der Waals surface area contributed by atoms with Crippen molar-refractivity contribution in [1.82, 2.24) is 34.4 Å². The molecule has 0 spiro atoms. The van der Waals surface area contributed by atoms with E-state index in [9.17, 15) is 10.2 Å². The average molecular weight is 545 g/mol. The van der Waals surface area contributed by atoms with Gasteiger partial charge in [-0.15, -0.1) is 0 Å². The van der Waals surface area contributed by atoms with Crippen molar-refractivity contribution < 1.29 is 10.2 Å². The van der Waals surface area contributed by atoms with E-state index in [-0.39, 0.29) is 12.0 Å². The van der Waals surface area contributed by atoms with Crippen LogP contribution in [0.5, 0.6) is 0 Å². The Morgan fingerprint density at radius 2 is 1.95 bits per heavy atom. The number of anilines is 1. The van der Waals surface area contributed by atoms with Gasteiger partial charge in [0.05, 0.1) is 29.5 Å². The molecule has 4 aromatic rings. The average Bonchev–Trinajstić information content (AvgIpc) is 3.58. The van der Waals surface area contributed by atoms with Gasteiger partial charge in [-0.2, -0.15) is 0 Å². The number of aromatic amines is 1. The number of aliphatic hydroxyl groups excluding tert-OH is 2. The molecular formula is C30H40N8O2. The van der Waals surface area contributed by atoms with E-state index in [1.165, 1.54) is 36.7 Å². The third-order valence-electron chi connectivity index (χ3n) is 10.3. The van der Waals surface area contributed by atoms with E-state index >= 15 is 0 Å². The van der Waals surface area contributed by atoms with Crippen molar-refractivity contribution in [2.75, 3.05) is 19.3 Å². The number of nitrogens with zero attached hydrogens (tertiary/aromatic N) is 6. The molecule has 0 bridgehead atoms. The predicted octanol–water partition coefficient (Wildman–Crippen LogP) is 3.35. The molecule has 4 atom stereocenters. The lowest BCUT2D eigenvalue weighted by molar-refractivity contribution is -0.00662. The standard InChI is InChI=1S/C30H40N8O2/c1-30(8-3-9-30)19-5-6-21-22(13-19)36-24(35-21)7-4-17-10-20(11-17)37(2)14-18-12-23(27(40)26(18)39)38-16-34-25-28(31)32-15-33-29(25)38/h5-6,13,15-18,20,23,26-27,39-40H,3-4,7-12,14H2,1-2H3,(H,35,36)(H2,31,32,33)/t17?,18-,20?,23-,26-,27+/m1/s1. The highest BCUT2D eigenvalue weighted by atomic mass is 16.3. The minimum Gasteiger partial charge on any atom is -0.390 e. The minimum atomic E-state index is -0.877. The summed E-state index contributed by atoms with van der Waals surface area (Å²) in [6.45, 7) is 3.13. The van der Waals surface area contributed by atoms with Gasteiger partial charge in [-0.25, -0.2) is 19.9 Å². The Labute approximate surface area is 234 Å². The van der Waals surface area contributed by atoms with Crippen LogP contribution in [0.2, 0.25) is 0 Å². The van der Waals surface area contributed by atoms with E-state index in [2.05, 4.69) is 57.0 Å². The van der Waals surface area contributed by atoms with Gasteiger partial charge in [-0.05, 0) is 74.6 Å². The molecule has 40 heavy (non-hydrogen) atoms. The number of aliphatic hydroxyl groups is 2. The third-order valence-corrected chi connectivity index (χ3v) is 10.3. The zero-order valence-corrected chi connectivity index (χ0v) is 23.4. The topological polar surface area (TPSA) is 142 Å². The summed E-state index contributed by atoms with van der Waals surface area (Å²) >= 11 is 0. The van der Waals surface area contributed by atoms with Gasteiger partial charge in [0.2, 0.25) is 0 Å². The van der Waals surface area contributed by atoms with E-state index in [0.29, 0.717) is 40.8 Å². The van der Waals surface area contributed by atoms with Gasteiger partial charge in [0.1, 0.15) is 23.8 Å². The maximum atomic E-state index is 10.9. The highest BCUT2D eigenvalue weighted by Crippen LogP contribution is 2.44. The summed E-state index contributed by atoms with van der Waals surface area (Å²) in [5.74, 6) is 2.08. The Hall–Kier alpha value is -3.08. The molecule has 10 nitrogen and oxygen atoms in total. The lowest BCUT2D eigenvalue weighted by Crippen LogP contribution is -2.46. The fraction of sp³-hybridized carbons (Fsp3) is 0.600. The normalized spacial score (nSPS) is 29.7. The summed E-state index contributed by atoms with van der Waals surface area (Å²) in [5.41, 5.74) is 11.1. The summed E-state index contributed by atoms with van der Waals surface area (Å²) in [5, 5.41) is 21.8. The second kappa shape index (κ2) is 9.78. The summed E-state index contributed by atoms with van der Waals surface area (Å²) in [6.07, 6.45) is 10.4. The number of aromatic nitrogens is 6. The lowest BCUT2D eigenvalue weighted by Gasteiger charge is -2.42. The summed E-state index contributed by atoms with van der Waals surface area (Å²) in [6, 6.07) is 6.98. The Kier molecular flexibility index (Phi) is 6.32. The third kappa shape index (κ3) is 4.37. The van der Waals surface area contributed by atoms with Gasteiger partial charge in [-0.1, -0.05) is 19.4 Å². The number of fused-ring (bicyclic) bond motifs is 2. The lowest BCUT2D eigenvalue weighted by atomic mass is 9.66. The Balaban J connectivity index is 0.917. The largest absolute Gasteiger partial charge is 0.390 e. The molecule has 0 saturated heterocycles. The molecular weight excluding hydrogens is 504 g/mol. The first kappa shape index (κ1) is 25.9. The molecule has 5 N–H and O–H groups in total. The van der Waals surface area contributed by atoms with Crippen LogP contribution in [-0.2, 0) is 11.8 Å². The first-order chi connectivity index (χ1) is 19.3. The first-order valence-electron chi connectivity index (χ1n) is 14.8. The van der Waals surface area contributed by atoms with Gasteiger partial charge in [-0.3, -0.25) is 0 Å². The van der Waals surface area contributed by atoms with Crippen molar-refractivity contribution in [3.05, 3.63) is 42.2 Å². The number of hydrogen-bond donors (Lipinski definition) is 4. The summed E-state index contributed by atoms with van der Waals surface area (Å²) in [4.78, 5) is 23.5. The smallest absolute Gasteiger partial charge is 0.165 e. The molecule has 1 aromatic carbocycles. The van der Waals surface area contributed by atoms with Crippen LogP contribution < -0.4 is 5.73 Å². The number of benzene rings is 1. The maximum Gasteiger partial charge on any atom is 0.165 e. The van der Waals surface area contributed by atoms with Gasteiger partial charge < -0.3 is 30.4 Å². The SMILES string of the molecule is CN(C[C@H]1C[C@@H](n2cnc3c(N)ncnc32)[C@H](O)[C@@H]1O)C1CC(CCc2nc3ccc(C4(C)CCC4)cc3[nH]2)C1. The van der Waals surface area contributed by atoms with Crippen molar-refractivity contribution >= 4 is 28.0 Å². The molecule has 10 heteroatoms. The number of rotatable bonds is 8. The van der Waals surface area contributed by atoms with E-state index < -0.39 is 12.2 Å². The molecule has 0 radical (unpaired) electrons. The molecule has 212 valence electrons. The second-order valence-corrected chi connectivity index (χ2v) is 12.9. The number of H-pyrrole nitrogens is 1. The second-order valence-electron chi connectivity index (χ2n) is 12.9. The molecule has 0 amide bonds. The molecule has 0 aliphatic heterocycles. The van der Waals surface area contributed by atoms with E-state index in [4.69, 9.17) is 10.7 Å². The van der Waals surface area contributed by atoms with Crippen LogP contribution in [0, 0.1) is 11.8 Å². The number of nitrogen functional groups attached to an aromatic ring is 1. The summed E-state index contributed by atoms with van der Waals surface area (Å²) < 4.78 is 1.84. The van der Waals surface area contributed by atoms with Gasteiger partial charge in [0, 0.05) is 24.9 Å². The van der Waals surface area contributed by atoms with Gasteiger partial charge in [0.25, 0.3) is 0 Å². The van der Waals surface area contributed by atoms with E-state index in [1.807, 2.05) is 4.57 Å². The van der Waals surface area contributed by atoms with Crippen molar-refractivity contribution in [3.8, 4) is 0 Å². The maximum absolute atomic E-state index is 10.9. The van der Waals surface area contributed by atoms with Crippen LogP contribution in [-0.4, -0.2) is 76.4 Å². The zero-order chi connectivity index (χ0) is 27.6. The number of nitrogens with two attached hydrogens (primary N) is 1. The minimum absolute atomic E-state index is 0.0247. The van der Waals surface area contributed by atoms with Crippen molar-refractivity contribution in [2.24, 2.45) is 11.8 Å². The van der Waals surface area contributed by atoms with E-state index in [0.717, 1.165) is 43.6 Å². The molecule has 0 unspecified atom stereocenters. The number of aryl methyl sites for hydroxylation is 1. The predicted molar refractivity (Wildman–Crippen MR) is 154 cm³/mol. The molecule has 3 aromatic heterocycles. The molecule has 3 aliphatic carbocycles. The van der Waals surface area contributed by atoms with Gasteiger partial charge in [0.15, 0.2) is 11.5 Å². The highest BCUT2D eigenvalue weighted by Gasteiger charge is 2.44. The van der Waals surface area contributed by atoms with Crippen molar-refractivity contribution in [1.29, 1.82) is 0 Å². The molecule has 3 saturated carbocycles. The fourth-order valence-electron chi connectivity index (χ4n) is 7.38. The molecule has 7 rings (SSSR count). The molecule has 3 aliphatic rings. The van der Waals surface area contributed by atoms with Gasteiger partial charge >= 0.3 is 0 Å². The molecule has 3 heterocycles. The van der Waals surface area contributed by atoms with Crippen LogP contribution in [0.15, 0.2) is 30.9 Å². The highest BCUT2D eigenvalue weighted by molar-refractivity contribution is 5.81. The quantitative estimate of drug-likeness (QED) is 0.265. The van der Waals surface area contributed by atoms with Crippen molar-refractivity contribution in [3.63, 3.8) is 0 Å². The Bertz CT molecular complexity index is 1520. The van der Waals surface area contributed by atoms with Crippen LogP contribution in [0.25, 0.3) is 22.2 Å². The van der Waals surface area contributed by atoms with Crippen molar-refractivity contribution in [2.45, 2.75) is 88.0 Å². The van der Waals surface area contributed by atoms with E-state index in [1.54, 1.807) is 6.33 Å².